The summed E-state index contributed by atoms with van der Waals surface area (Å²) in [6.45, 7) is 4.89. The predicted octanol–water partition coefficient (Wildman–Crippen LogP) is 1.46. The fourth-order valence-electron chi connectivity index (χ4n) is 1.82. The maximum absolute atomic E-state index is 9.02. The van der Waals surface area contributed by atoms with E-state index in [0.717, 1.165) is 42.5 Å². The van der Waals surface area contributed by atoms with Gasteiger partial charge in [0.25, 0.3) is 0 Å². The normalized spacial score (nSPS) is 11.0. The second-order valence-electron chi connectivity index (χ2n) is 4.70. The minimum Gasteiger partial charge on any atom is -0.392 e. The van der Waals surface area contributed by atoms with Gasteiger partial charge in [-0.3, -0.25) is 0 Å². The summed E-state index contributed by atoms with van der Waals surface area (Å²) >= 11 is 1.62. The van der Waals surface area contributed by atoms with Gasteiger partial charge < -0.3 is 10.4 Å². The lowest BCUT2D eigenvalue weighted by atomic mass is 10.2. The summed E-state index contributed by atoms with van der Waals surface area (Å²) in [5.41, 5.74) is 2.12. The van der Waals surface area contributed by atoms with Gasteiger partial charge in [0.05, 0.1) is 13.2 Å². The first-order chi connectivity index (χ1) is 10.3. The average molecular weight is 307 g/mol. The molecule has 6 nitrogen and oxygen atoms in total. The molecule has 21 heavy (non-hydrogen) atoms. The van der Waals surface area contributed by atoms with Crippen molar-refractivity contribution < 1.29 is 5.11 Å². The molecule has 0 aliphatic rings. The van der Waals surface area contributed by atoms with Gasteiger partial charge in [-0.05, 0) is 34.5 Å². The molecule has 114 valence electrons. The highest BCUT2D eigenvalue weighted by Gasteiger charge is 2.06. The molecule has 1 aromatic heterocycles. The third-order valence-corrected chi connectivity index (χ3v) is 4.03. The second kappa shape index (κ2) is 8.76. The van der Waals surface area contributed by atoms with Crippen molar-refractivity contribution in [2.24, 2.45) is 0 Å². The first-order valence-corrected chi connectivity index (χ1v) is 8.10. The monoisotopic (exact) mass is 307 g/mol. The van der Waals surface area contributed by atoms with Crippen LogP contribution in [-0.2, 0) is 18.9 Å². The molecule has 0 unspecified atom stereocenters. The summed E-state index contributed by atoms with van der Waals surface area (Å²) in [6, 6.07) is 7.92. The molecule has 0 amide bonds. The van der Waals surface area contributed by atoms with Crippen LogP contribution in [0.3, 0.4) is 0 Å². The summed E-state index contributed by atoms with van der Waals surface area (Å²) in [7, 11) is 0. The molecule has 0 radical (unpaired) electrons. The van der Waals surface area contributed by atoms with Crippen LogP contribution < -0.4 is 5.32 Å². The Kier molecular flexibility index (Phi) is 6.65. The number of aliphatic hydroxyl groups excluding tert-OH is 1. The van der Waals surface area contributed by atoms with Crippen LogP contribution >= 0.6 is 11.8 Å². The molecule has 2 aromatic rings. The van der Waals surface area contributed by atoms with Crippen molar-refractivity contribution in [3.63, 3.8) is 0 Å². The van der Waals surface area contributed by atoms with Crippen molar-refractivity contribution in [3.8, 4) is 0 Å². The highest BCUT2D eigenvalue weighted by Crippen LogP contribution is 2.20. The maximum atomic E-state index is 9.02. The Morgan fingerprint density at radius 2 is 1.95 bits per heavy atom. The highest BCUT2D eigenvalue weighted by molar-refractivity contribution is 7.98. The van der Waals surface area contributed by atoms with E-state index in [1.165, 1.54) is 5.56 Å². The van der Waals surface area contributed by atoms with Crippen LogP contribution in [0, 0.1) is 0 Å². The molecule has 2 rings (SSSR count). The highest BCUT2D eigenvalue weighted by atomic mass is 32.2. The number of thioether (sulfide) groups is 1. The minimum atomic E-state index is 0.0798. The van der Waals surface area contributed by atoms with Crippen LogP contribution in [0.15, 0.2) is 29.4 Å². The number of aromatic nitrogens is 4. The Morgan fingerprint density at radius 3 is 2.67 bits per heavy atom. The molecule has 2 N–H and O–H groups in total. The number of hydrogen-bond acceptors (Lipinski definition) is 6. The minimum absolute atomic E-state index is 0.0798. The molecule has 1 heterocycles. The lowest BCUT2D eigenvalue weighted by molar-refractivity contribution is 0.282. The predicted molar refractivity (Wildman–Crippen MR) is 82.9 cm³/mol. The molecule has 0 saturated heterocycles. The van der Waals surface area contributed by atoms with Gasteiger partial charge in [0.15, 0.2) is 0 Å². The molecule has 1 aromatic carbocycles. The first-order valence-electron chi connectivity index (χ1n) is 7.12. The topological polar surface area (TPSA) is 75.9 Å². The molecular formula is C14H21N5OS. The lowest BCUT2D eigenvalue weighted by Gasteiger charge is -2.05. The van der Waals surface area contributed by atoms with Crippen LogP contribution in [0.25, 0.3) is 0 Å². The Labute approximate surface area is 128 Å². The van der Waals surface area contributed by atoms with Gasteiger partial charge >= 0.3 is 0 Å². The van der Waals surface area contributed by atoms with Gasteiger partial charge in [0.1, 0.15) is 0 Å². The number of rotatable bonds is 9. The van der Waals surface area contributed by atoms with Crippen molar-refractivity contribution >= 4 is 11.8 Å². The Bertz CT molecular complexity index is 528. The van der Waals surface area contributed by atoms with E-state index in [4.69, 9.17) is 5.11 Å². The fraction of sp³-hybridized carbons (Fsp3) is 0.500. The van der Waals surface area contributed by atoms with E-state index in [0.29, 0.717) is 0 Å². The van der Waals surface area contributed by atoms with E-state index in [9.17, 15) is 0 Å². The summed E-state index contributed by atoms with van der Waals surface area (Å²) in [5, 5.41) is 25.0. The van der Waals surface area contributed by atoms with Crippen molar-refractivity contribution in [2.45, 2.75) is 37.4 Å². The van der Waals surface area contributed by atoms with E-state index < -0.39 is 0 Å². The molecule has 0 saturated carbocycles. The standard InChI is InChI=1S/C14H21N5OS/c1-2-7-15-8-9-19-14(16-17-18-19)21-11-13-5-3-12(10-20)4-6-13/h3-6,15,20H,2,7-11H2,1H3. The molecule has 0 spiro atoms. The zero-order chi connectivity index (χ0) is 14.9. The lowest BCUT2D eigenvalue weighted by Crippen LogP contribution is -2.21. The summed E-state index contributed by atoms with van der Waals surface area (Å²) in [6.07, 6.45) is 1.13. The second-order valence-corrected chi connectivity index (χ2v) is 5.64. The summed E-state index contributed by atoms with van der Waals surface area (Å²) < 4.78 is 1.83. The van der Waals surface area contributed by atoms with Gasteiger partial charge in [-0.25, -0.2) is 4.68 Å². The molecular weight excluding hydrogens is 286 g/mol. The van der Waals surface area contributed by atoms with E-state index >= 15 is 0 Å². The van der Waals surface area contributed by atoms with Crippen molar-refractivity contribution in [2.75, 3.05) is 13.1 Å². The zero-order valence-corrected chi connectivity index (χ0v) is 13.0. The molecule has 0 bridgehead atoms. The molecule has 0 atom stereocenters. The number of benzene rings is 1. The van der Waals surface area contributed by atoms with Gasteiger partial charge in [-0.15, -0.1) is 5.10 Å². The Balaban J connectivity index is 1.83. The first kappa shape index (κ1) is 15.9. The van der Waals surface area contributed by atoms with E-state index in [1.54, 1.807) is 11.8 Å². The largest absolute Gasteiger partial charge is 0.392 e. The van der Waals surface area contributed by atoms with E-state index in [-0.39, 0.29) is 6.61 Å². The summed E-state index contributed by atoms with van der Waals surface area (Å²) in [4.78, 5) is 0. The van der Waals surface area contributed by atoms with Crippen LogP contribution in [0.4, 0.5) is 0 Å². The number of nitrogens with one attached hydrogen (secondary N) is 1. The average Bonchev–Trinajstić information content (AvgIpc) is 2.97. The van der Waals surface area contributed by atoms with Crippen LogP contribution in [0.5, 0.6) is 0 Å². The number of nitrogens with zero attached hydrogens (tertiary/aromatic N) is 4. The molecule has 0 fully saturated rings. The Morgan fingerprint density at radius 1 is 1.19 bits per heavy atom. The number of tetrazole rings is 1. The zero-order valence-electron chi connectivity index (χ0n) is 12.2. The van der Waals surface area contributed by atoms with Crippen molar-refractivity contribution in [1.82, 2.24) is 25.5 Å². The van der Waals surface area contributed by atoms with Crippen molar-refractivity contribution in [1.29, 1.82) is 0 Å². The molecule has 0 aliphatic carbocycles. The molecule has 0 aliphatic heterocycles. The van der Waals surface area contributed by atoms with E-state index in [2.05, 4.69) is 27.8 Å². The van der Waals surface area contributed by atoms with Gasteiger partial charge in [-0.1, -0.05) is 43.0 Å². The van der Waals surface area contributed by atoms with Crippen LogP contribution in [0.2, 0.25) is 0 Å². The molecule has 7 heteroatoms. The van der Waals surface area contributed by atoms with Gasteiger partial charge in [-0.2, -0.15) is 0 Å². The maximum Gasteiger partial charge on any atom is 0.209 e. The number of hydrogen-bond donors (Lipinski definition) is 2. The van der Waals surface area contributed by atoms with Crippen LogP contribution in [-0.4, -0.2) is 38.4 Å². The van der Waals surface area contributed by atoms with E-state index in [1.807, 2.05) is 28.9 Å². The van der Waals surface area contributed by atoms with Crippen molar-refractivity contribution in [3.05, 3.63) is 35.4 Å². The Hall–Kier alpha value is -1.44. The van der Waals surface area contributed by atoms with Crippen LogP contribution in [0.1, 0.15) is 24.5 Å². The van der Waals surface area contributed by atoms with Gasteiger partial charge in [0.2, 0.25) is 5.16 Å². The third kappa shape index (κ3) is 5.11. The SMILES string of the molecule is CCCNCCn1nnnc1SCc1ccc(CO)cc1. The summed E-state index contributed by atoms with van der Waals surface area (Å²) in [5.74, 6) is 0.814. The quantitative estimate of drug-likeness (QED) is 0.539. The smallest absolute Gasteiger partial charge is 0.209 e. The fourth-order valence-corrected chi connectivity index (χ4v) is 2.67. The number of aliphatic hydroxyl groups is 1. The van der Waals surface area contributed by atoms with Gasteiger partial charge in [0, 0.05) is 12.3 Å². The third-order valence-electron chi connectivity index (χ3n) is 3.00.